The first-order valence-electron chi connectivity index (χ1n) is 11.3. The summed E-state index contributed by atoms with van der Waals surface area (Å²) in [6.07, 6.45) is 6.24. The molecule has 0 aliphatic heterocycles. The van der Waals surface area contributed by atoms with Gasteiger partial charge in [-0.3, -0.25) is 15.0 Å². The number of hydrogen-bond acceptors (Lipinski definition) is 2. The second-order valence-corrected chi connectivity index (χ2v) is 8.52. The molecule has 0 bridgehead atoms. The number of nitrogens with one attached hydrogen (secondary N) is 1. The Morgan fingerprint density at radius 3 is 2.06 bits per heavy atom. The third-order valence-corrected chi connectivity index (χ3v) is 6.43. The van der Waals surface area contributed by atoms with Crippen molar-refractivity contribution in [2.75, 3.05) is 11.6 Å². The number of carbonyl (C=O) groups is 1. The summed E-state index contributed by atoms with van der Waals surface area (Å²) in [5.74, 6) is 0.0318. The molecule has 0 unspecified atom stereocenters. The fourth-order valence-electron chi connectivity index (χ4n) is 4.63. The molecule has 1 aliphatic rings. The number of hydrogen-bond donors (Lipinski definition) is 1. The lowest BCUT2D eigenvalue weighted by atomic mass is 9.96. The topological polar surface area (TPSA) is 32.3 Å². The van der Waals surface area contributed by atoms with Gasteiger partial charge in [0.15, 0.2) is 0 Å². The Morgan fingerprint density at radius 1 is 0.742 bits per heavy atom. The first kappa shape index (κ1) is 19.8. The summed E-state index contributed by atoms with van der Waals surface area (Å²) in [7, 11) is 0. The molecule has 31 heavy (non-hydrogen) atoms. The van der Waals surface area contributed by atoms with E-state index in [0.717, 1.165) is 27.4 Å². The van der Waals surface area contributed by atoms with Gasteiger partial charge in [0.05, 0.1) is 6.67 Å². The van der Waals surface area contributed by atoms with Crippen LogP contribution in [0.15, 0.2) is 84.9 Å². The van der Waals surface area contributed by atoms with E-state index in [4.69, 9.17) is 0 Å². The average molecular weight is 409 g/mol. The Balaban J connectivity index is 1.48. The SMILES string of the molecule is O=C(c1ccc2ccccc2c1)N(CNC1CCCCC1)c1ccc2ccccc2c1. The molecule has 1 fully saturated rings. The number of carbonyl (C=O) groups excluding carboxylic acids is 1. The molecular formula is C28H28N2O. The first-order chi connectivity index (χ1) is 15.3. The molecule has 1 amide bonds. The second-order valence-electron chi connectivity index (χ2n) is 8.52. The van der Waals surface area contributed by atoms with E-state index < -0.39 is 0 Å². The summed E-state index contributed by atoms with van der Waals surface area (Å²) in [6.45, 7) is 0.522. The molecule has 5 rings (SSSR count). The molecule has 0 heterocycles. The van der Waals surface area contributed by atoms with Gasteiger partial charge >= 0.3 is 0 Å². The van der Waals surface area contributed by atoms with E-state index in [2.05, 4.69) is 47.8 Å². The van der Waals surface area contributed by atoms with Gasteiger partial charge in [0, 0.05) is 17.3 Å². The maximum atomic E-state index is 13.7. The third kappa shape index (κ3) is 4.33. The predicted octanol–water partition coefficient (Wildman–Crippen LogP) is 6.52. The van der Waals surface area contributed by atoms with Gasteiger partial charge in [-0.1, -0.05) is 79.9 Å². The molecule has 156 valence electrons. The molecule has 3 nitrogen and oxygen atoms in total. The fourth-order valence-corrected chi connectivity index (χ4v) is 4.63. The highest BCUT2D eigenvalue weighted by atomic mass is 16.2. The summed E-state index contributed by atoms with van der Waals surface area (Å²) in [4.78, 5) is 15.6. The van der Waals surface area contributed by atoms with Gasteiger partial charge in [-0.05, 0) is 58.7 Å². The van der Waals surface area contributed by atoms with E-state index in [1.807, 2.05) is 47.4 Å². The van der Waals surface area contributed by atoms with Crippen LogP contribution in [0.25, 0.3) is 21.5 Å². The lowest BCUT2D eigenvalue weighted by molar-refractivity contribution is 0.0983. The number of benzene rings is 4. The number of nitrogens with zero attached hydrogens (tertiary/aromatic N) is 1. The van der Waals surface area contributed by atoms with E-state index in [1.54, 1.807) is 0 Å². The van der Waals surface area contributed by atoms with Gasteiger partial charge in [-0.15, -0.1) is 0 Å². The molecule has 0 saturated heterocycles. The van der Waals surface area contributed by atoms with Gasteiger partial charge in [0.1, 0.15) is 0 Å². The first-order valence-corrected chi connectivity index (χ1v) is 11.3. The van der Waals surface area contributed by atoms with Crippen LogP contribution in [-0.4, -0.2) is 18.6 Å². The Kier molecular flexibility index (Phi) is 5.68. The number of fused-ring (bicyclic) bond motifs is 2. The van der Waals surface area contributed by atoms with Gasteiger partial charge in [0.25, 0.3) is 5.91 Å². The molecule has 0 spiro atoms. The molecule has 0 aromatic heterocycles. The highest BCUT2D eigenvalue weighted by molar-refractivity contribution is 6.08. The zero-order valence-corrected chi connectivity index (χ0v) is 17.8. The summed E-state index contributed by atoms with van der Waals surface area (Å²) in [6, 6.07) is 29.2. The molecular weight excluding hydrogens is 380 g/mol. The van der Waals surface area contributed by atoms with Crippen LogP contribution in [0.4, 0.5) is 5.69 Å². The Labute approximate surface area is 183 Å². The summed E-state index contributed by atoms with van der Waals surface area (Å²) < 4.78 is 0. The Bertz CT molecular complexity index is 1210. The van der Waals surface area contributed by atoms with Crippen molar-refractivity contribution in [3.63, 3.8) is 0 Å². The zero-order chi connectivity index (χ0) is 21.0. The minimum Gasteiger partial charge on any atom is -0.297 e. The maximum Gasteiger partial charge on any atom is 0.259 e. The van der Waals surface area contributed by atoms with Crippen LogP contribution < -0.4 is 10.2 Å². The van der Waals surface area contributed by atoms with Gasteiger partial charge in [-0.25, -0.2) is 0 Å². The monoisotopic (exact) mass is 408 g/mol. The molecule has 4 aromatic carbocycles. The molecule has 4 aromatic rings. The summed E-state index contributed by atoms with van der Waals surface area (Å²) in [5, 5.41) is 8.23. The van der Waals surface area contributed by atoms with Crippen LogP contribution in [0.1, 0.15) is 42.5 Å². The lowest BCUT2D eigenvalue weighted by Crippen LogP contribution is -2.43. The van der Waals surface area contributed by atoms with E-state index >= 15 is 0 Å². The number of rotatable bonds is 5. The molecule has 1 N–H and O–H groups in total. The highest BCUT2D eigenvalue weighted by Gasteiger charge is 2.21. The van der Waals surface area contributed by atoms with E-state index in [1.165, 1.54) is 37.5 Å². The minimum absolute atomic E-state index is 0.0318. The standard InChI is InChI=1S/C28H28N2O/c31-28(25-15-14-21-8-4-6-10-23(21)18-25)30(20-29-26-12-2-1-3-13-26)27-17-16-22-9-5-7-11-24(22)19-27/h4-11,14-19,26,29H,1-3,12-13,20H2. The largest absolute Gasteiger partial charge is 0.297 e. The van der Waals surface area contributed by atoms with E-state index in [-0.39, 0.29) is 5.91 Å². The predicted molar refractivity (Wildman–Crippen MR) is 130 cm³/mol. The normalized spacial score (nSPS) is 14.7. The van der Waals surface area contributed by atoms with Crippen LogP contribution in [-0.2, 0) is 0 Å². The highest BCUT2D eigenvalue weighted by Crippen LogP contribution is 2.25. The van der Waals surface area contributed by atoms with Crippen molar-refractivity contribution >= 4 is 33.1 Å². The molecule has 0 radical (unpaired) electrons. The van der Waals surface area contributed by atoms with Crippen molar-refractivity contribution in [1.82, 2.24) is 5.32 Å². The van der Waals surface area contributed by atoms with E-state index in [0.29, 0.717) is 12.7 Å². The quantitative estimate of drug-likeness (QED) is 0.381. The van der Waals surface area contributed by atoms with Crippen molar-refractivity contribution in [1.29, 1.82) is 0 Å². The zero-order valence-electron chi connectivity index (χ0n) is 17.8. The van der Waals surface area contributed by atoms with Gasteiger partial charge in [-0.2, -0.15) is 0 Å². The number of anilines is 1. The molecule has 3 heteroatoms. The van der Waals surface area contributed by atoms with Crippen LogP contribution >= 0.6 is 0 Å². The Morgan fingerprint density at radius 2 is 1.35 bits per heavy atom. The van der Waals surface area contributed by atoms with Crippen molar-refractivity contribution in [3.8, 4) is 0 Å². The van der Waals surface area contributed by atoms with Crippen LogP contribution in [0.2, 0.25) is 0 Å². The Hall–Kier alpha value is -3.17. The maximum absolute atomic E-state index is 13.7. The summed E-state index contributed by atoms with van der Waals surface area (Å²) >= 11 is 0. The summed E-state index contributed by atoms with van der Waals surface area (Å²) in [5.41, 5.74) is 1.65. The minimum atomic E-state index is 0.0318. The van der Waals surface area contributed by atoms with Crippen LogP contribution in [0.5, 0.6) is 0 Å². The van der Waals surface area contributed by atoms with Crippen LogP contribution in [0, 0.1) is 0 Å². The third-order valence-electron chi connectivity index (χ3n) is 6.43. The second kappa shape index (κ2) is 8.91. The van der Waals surface area contributed by atoms with Gasteiger partial charge in [0.2, 0.25) is 0 Å². The molecule has 0 atom stereocenters. The van der Waals surface area contributed by atoms with Crippen molar-refractivity contribution in [2.24, 2.45) is 0 Å². The fraction of sp³-hybridized carbons (Fsp3) is 0.250. The molecule has 1 aliphatic carbocycles. The van der Waals surface area contributed by atoms with Gasteiger partial charge < -0.3 is 0 Å². The van der Waals surface area contributed by atoms with Crippen molar-refractivity contribution in [3.05, 3.63) is 90.5 Å². The molecule has 1 saturated carbocycles. The number of amides is 1. The smallest absolute Gasteiger partial charge is 0.259 e. The lowest BCUT2D eigenvalue weighted by Gasteiger charge is -2.29. The van der Waals surface area contributed by atoms with Crippen LogP contribution in [0.3, 0.4) is 0 Å². The van der Waals surface area contributed by atoms with E-state index in [9.17, 15) is 4.79 Å². The van der Waals surface area contributed by atoms with Crippen molar-refractivity contribution in [2.45, 2.75) is 38.1 Å². The average Bonchev–Trinajstić information content (AvgIpc) is 2.84. The van der Waals surface area contributed by atoms with Crippen molar-refractivity contribution < 1.29 is 4.79 Å².